The van der Waals surface area contributed by atoms with E-state index in [1.54, 1.807) is 18.3 Å². The molecule has 1 aromatic rings. The van der Waals surface area contributed by atoms with Crippen LogP contribution in [-0.4, -0.2) is 71.9 Å². The number of hydrogen-bond acceptors (Lipinski definition) is 5. The average Bonchev–Trinajstić information content (AvgIpc) is 3.28. The Labute approximate surface area is 166 Å². The Hall–Kier alpha value is -2.15. The maximum Gasteiger partial charge on any atom is 0.252 e. The molecule has 0 aromatic carbocycles. The maximum atomic E-state index is 12.8. The molecule has 0 radical (unpaired) electrons. The van der Waals surface area contributed by atoms with E-state index in [0.29, 0.717) is 23.3 Å². The van der Waals surface area contributed by atoms with Crippen molar-refractivity contribution in [2.24, 2.45) is 11.7 Å². The van der Waals surface area contributed by atoms with Gasteiger partial charge in [-0.2, -0.15) is 0 Å². The van der Waals surface area contributed by atoms with Crippen LogP contribution in [0.15, 0.2) is 18.3 Å². The van der Waals surface area contributed by atoms with Crippen molar-refractivity contribution >= 4 is 17.6 Å². The first-order valence-electron chi connectivity index (χ1n) is 10.7. The molecule has 0 saturated carbocycles. The zero-order valence-electron chi connectivity index (χ0n) is 16.6. The van der Waals surface area contributed by atoms with Gasteiger partial charge in [0.15, 0.2) is 0 Å². The van der Waals surface area contributed by atoms with Gasteiger partial charge in [0.25, 0.3) is 5.91 Å². The number of primary amides is 1. The van der Waals surface area contributed by atoms with E-state index in [1.807, 2.05) is 0 Å². The minimum absolute atomic E-state index is 0.169. The zero-order chi connectivity index (χ0) is 19.5. The van der Waals surface area contributed by atoms with Crippen LogP contribution in [0.25, 0.3) is 0 Å². The zero-order valence-corrected chi connectivity index (χ0v) is 16.6. The molecule has 0 spiro atoms. The first kappa shape index (κ1) is 19.2. The first-order valence-corrected chi connectivity index (χ1v) is 10.7. The molecule has 28 heavy (non-hydrogen) atoms. The number of carbonyl (C=O) groups is 2. The molecule has 152 valence electrons. The van der Waals surface area contributed by atoms with Gasteiger partial charge < -0.3 is 15.5 Å². The number of nitrogens with zero attached hydrogens (tertiary/aromatic N) is 4. The highest BCUT2D eigenvalue weighted by atomic mass is 16.2. The molecular formula is C21H31N5O2. The molecule has 3 aliphatic rings. The molecule has 7 nitrogen and oxygen atoms in total. The summed E-state index contributed by atoms with van der Waals surface area (Å²) in [5, 5.41) is 0. The van der Waals surface area contributed by atoms with E-state index < -0.39 is 5.91 Å². The highest BCUT2D eigenvalue weighted by molar-refractivity contribution is 5.97. The van der Waals surface area contributed by atoms with Crippen LogP contribution in [0.5, 0.6) is 0 Å². The Morgan fingerprint density at radius 1 is 1.00 bits per heavy atom. The quantitative estimate of drug-likeness (QED) is 0.849. The number of piperidine rings is 2. The van der Waals surface area contributed by atoms with E-state index in [2.05, 4.69) is 19.7 Å². The summed E-state index contributed by atoms with van der Waals surface area (Å²) in [4.78, 5) is 35.7. The molecule has 3 saturated heterocycles. The third-order valence-corrected chi connectivity index (χ3v) is 6.55. The molecule has 0 bridgehead atoms. The van der Waals surface area contributed by atoms with Gasteiger partial charge in [0.1, 0.15) is 5.82 Å². The minimum Gasteiger partial charge on any atom is -0.365 e. The monoisotopic (exact) mass is 385 g/mol. The van der Waals surface area contributed by atoms with Gasteiger partial charge in [-0.25, -0.2) is 4.98 Å². The number of nitrogens with two attached hydrogens (primary N) is 1. The van der Waals surface area contributed by atoms with Crippen LogP contribution in [0.2, 0.25) is 0 Å². The Bertz CT molecular complexity index is 711. The molecule has 7 heteroatoms. The van der Waals surface area contributed by atoms with Crippen molar-refractivity contribution in [1.82, 2.24) is 14.8 Å². The van der Waals surface area contributed by atoms with Gasteiger partial charge >= 0.3 is 0 Å². The largest absolute Gasteiger partial charge is 0.365 e. The van der Waals surface area contributed by atoms with Crippen LogP contribution in [0.3, 0.4) is 0 Å². The fourth-order valence-corrected chi connectivity index (χ4v) is 5.02. The van der Waals surface area contributed by atoms with E-state index in [4.69, 9.17) is 5.73 Å². The summed E-state index contributed by atoms with van der Waals surface area (Å²) in [5.74, 6) is 0.819. The second-order valence-corrected chi connectivity index (χ2v) is 8.32. The number of anilines is 1. The third kappa shape index (κ3) is 3.99. The van der Waals surface area contributed by atoms with Crippen LogP contribution in [0.4, 0.5) is 5.82 Å². The standard InChI is InChI=1S/C21H31N5O2/c22-19(27)18-6-3-9-23-20(18)24-13-7-17(8-14-24)26-12-4-5-16(15-26)21(28)25-10-1-2-11-25/h3,6,9,16-17H,1-2,4-5,7-8,10-15H2,(H2,22,27). The highest BCUT2D eigenvalue weighted by Gasteiger charge is 2.34. The lowest BCUT2D eigenvalue weighted by Gasteiger charge is -2.43. The van der Waals surface area contributed by atoms with Crippen molar-refractivity contribution in [2.45, 2.75) is 44.6 Å². The summed E-state index contributed by atoms with van der Waals surface area (Å²) >= 11 is 0. The average molecular weight is 386 g/mol. The number of likely N-dealkylation sites (tertiary alicyclic amines) is 2. The van der Waals surface area contributed by atoms with E-state index in [9.17, 15) is 9.59 Å². The Kier molecular flexibility index (Phi) is 5.80. The summed E-state index contributed by atoms with van der Waals surface area (Å²) in [7, 11) is 0. The van der Waals surface area contributed by atoms with Crippen LogP contribution in [0.1, 0.15) is 48.9 Å². The fraction of sp³-hybridized carbons (Fsp3) is 0.667. The van der Waals surface area contributed by atoms with Gasteiger partial charge in [-0.05, 0) is 57.2 Å². The molecule has 1 aromatic heterocycles. The van der Waals surface area contributed by atoms with Crippen LogP contribution in [-0.2, 0) is 4.79 Å². The van der Waals surface area contributed by atoms with Crippen molar-refractivity contribution < 1.29 is 9.59 Å². The van der Waals surface area contributed by atoms with Crippen molar-refractivity contribution in [1.29, 1.82) is 0 Å². The van der Waals surface area contributed by atoms with Crippen LogP contribution < -0.4 is 10.6 Å². The van der Waals surface area contributed by atoms with Gasteiger partial charge in [0.2, 0.25) is 5.91 Å². The number of carbonyl (C=O) groups excluding carboxylic acids is 2. The summed E-state index contributed by atoms with van der Waals surface area (Å²) in [6, 6.07) is 4.00. The molecule has 3 aliphatic heterocycles. The summed E-state index contributed by atoms with van der Waals surface area (Å²) in [5.41, 5.74) is 6.01. The molecule has 4 rings (SSSR count). The lowest BCUT2D eigenvalue weighted by Crippen LogP contribution is -2.51. The summed E-state index contributed by atoms with van der Waals surface area (Å²) < 4.78 is 0. The van der Waals surface area contributed by atoms with Crippen molar-refractivity contribution in [3.05, 3.63) is 23.9 Å². The normalized spacial score (nSPS) is 24.5. The van der Waals surface area contributed by atoms with E-state index in [0.717, 1.165) is 77.8 Å². The second-order valence-electron chi connectivity index (χ2n) is 8.32. The highest BCUT2D eigenvalue weighted by Crippen LogP contribution is 2.28. The molecular weight excluding hydrogens is 354 g/mol. The number of hydrogen-bond donors (Lipinski definition) is 1. The molecule has 2 N–H and O–H groups in total. The summed E-state index contributed by atoms with van der Waals surface area (Å²) in [6.07, 6.45) is 8.21. The Morgan fingerprint density at radius 2 is 1.75 bits per heavy atom. The molecule has 1 unspecified atom stereocenters. The third-order valence-electron chi connectivity index (χ3n) is 6.55. The summed E-state index contributed by atoms with van der Waals surface area (Å²) in [6.45, 7) is 5.60. The number of rotatable bonds is 4. The molecule has 4 heterocycles. The van der Waals surface area contributed by atoms with Crippen molar-refractivity contribution in [3.63, 3.8) is 0 Å². The van der Waals surface area contributed by atoms with Crippen LogP contribution >= 0.6 is 0 Å². The topological polar surface area (TPSA) is 82.8 Å². The van der Waals surface area contributed by atoms with Crippen molar-refractivity contribution in [3.8, 4) is 0 Å². The number of amides is 2. The predicted molar refractivity (Wildman–Crippen MR) is 108 cm³/mol. The maximum absolute atomic E-state index is 12.8. The SMILES string of the molecule is NC(=O)c1cccnc1N1CCC(N2CCCC(C(=O)N3CCCC3)C2)CC1. The van der Waals surface area contributed by atoms with Gasteiger partial charge in [-0.1, -0.05) is 0 Å². The molecule has 3 fully saturated rings. The van der Waals surface area contributed by atoms with E-state index in [1.165, 1.54) is 0 Å². The smallest absolute Gasteiger partial charge is 0.252 e. The minimum atomic E-state index is -0.426. The van der Waals surface area contributed by atoms with Crippen LogP contribution in [0, 0.1) is 5.92 Å². The predicted octanol–water partition coefficient (Wildman–Crippen LogP) is 1.48. The van der Waals surface area contributed by atoms with Crippen molar-refractivity contribution in [2.75, 3.05) is 44.2 Å². The van der Waals surface area contributed by atoms with E-state index >= 15 is 0 Å². The van der Waals surface area contributed by atoms with Gasteiger partial charge in [0.05, 0.1) is 11.5 Å². The van der Waals surface area contributed by atoms with Gasteiger partial charge in [0, 0.05) is 45.0 Å². The molecule has 1 atom stereocenters. The number of aromatic nitrogens is 1. The van der Waals surface area contributed by atoms with E-state index in [-0.39, 0.29) is 5.92 Å². The number of pyridine rings is 1. The van der Waals surface area contributed by atoms with Gasteiger partial charge in [-0.3, -0.25) is 14.5 Å². The second kappa shape index (κ2) is 8.47. The van der Waals surface area contributed by atoms with Gasteiger partial charge in [-0.15, -0.1) is 0 Å². The lowest BCUT2D eigenvalue weighted by molar-refractivity contribution is -0.136. The Balaban J connectivity index is 1.35. The first-order chi connectivity index (χ1) is 13.6. The molecule has 0 aliphatic carbocycles. The molecule has 2 amide bonds. The fourth-order valence-electron chi connectivity index (χ4n) is 5.02. The Morgan fingerprint density at radius 3 is 2.46 bits per heavy atom. The lowest BCUT2D eigenvalue weighted by atomic mass is 9.93.